The number of nitrogens with two attached hydrogens (primary N) is 1. The molecule has 1 saturated heterocycles. The summed E-state index contributed by atoms with van der Waals surface area (Å²) in [6, 6.07) is 0. The number of Topliss-reactive ketones (excluding diaryl/α,β-unsaturated/α-hetero) is 1. The lowest BCUT2D eigenvalue weighted by atomic mass is 9.83. The van der Waals surface area contributed by atoms with Crippen molar-refractivity contribution in [3.63, 3.8) is 0 Å². The van der Waals surface area contributed by atoms with Gasteiger partial charge in [0.15, 0.2) is 5.78 Å². The van der Waals surface area contributed by atoms with Crippen molar-refractivity contribution in [2.45, 2.75) is 33.1 Å². The maximum absolute atomic E-state index is 12.4. The van der Waals surface area contributed by atoms with Gasteiger partial charge in [-0.3, -0.25) is 4.79 Å². The molecule has 1 aromatic rings. The van der Waals surface area contributed by atoms with E-state index < -0.39 is 0 Å². The first kappa shape index (κ1) is 12.6. The van der Waals surface area contributed by atoms with E-state index in [2.05, 4.69) is 0 Å². The van der Waals surface area contributed by atoms with Crippen LogP contribution in [0.1, 0.15) is 49.0 Å². The zero-order chi connectivity index (χ0) is 12.6. The Bertz CT molecular complexity index is 425. The van der Waals surface area contributed by atoms with Crippen LogP contribution in [0, 0.1) is 5.41 Å². The van der Waals surface area contributed by atoms with Gasteiger partial charge in [-0.15, -0.1) is 11.3 Å². The molecule has 17 heavy (non-hydrogen) atoms. The second-order valence-corrected chi connectivity index (χ2v) is 6.48. The summed E-state index contributed by atoms with van der Waals surface area (Å²) in [7, 11) is 0. The fourth-order valence-corrected chi connectivity index (χ4v) is 2.98. The normalized spacial score (nSPS) is 20.8. The molecule has 1 aromatic heterocycles. The zero-order valence-electron chi connectivity index (χ0n) is 10.6. The molecular weight excluding hydrogens is 234 g/mol. The van der Waals surface area contributed by atoms with E-state index in [0.717, 1.165) is 24.2 Å². The molecule has 2 N–H and O–H groups in total. The van der Waals surface area contributed by atoms with Gasteiger partial charge in [-0.2, -0.15) is 0 Å². The minimum Gasteiger partial charge on any atom is -0.390 e. The number of thiophene rings is 1. The van der Waals surface area contributed by atoms with E-state index in [4.69, 9.17) is 10.5 Å². The number of rotatable bonds is 2. The predicted octanol–water partition coefficient (Wildman–Crippen LogP) is 3.06. The smallest absolute Gasteiger partial charge is 0.171 e. The first-order chi connectivity index (χ1) is 7.91. The number of ketones is 1. The number of hydrogen-bond donors (Lipinski definition) is 1. The summed E-state index contributed by atoms with van der Waals surface area (Å²) >= 11 is 1.46. The second kappa shape index (κ2) is 4.42. The van der Waals surface area contributed by atoms with E-state index in [0.29, 0.717) is 17.5 Å². The van der Waals surface area contributed by atoms with Crippen LogP contribution >= 0.6 is 11.3 Å². The standard InChI is InChI=1S/C13H19NO2S/c1-13(2,3)11(15)10-9(7-17-12(10)14)8-4-5-16-6-8/h7-8H,4-6,14H2,1-3H3. The first-order valence-electron chi connectivity index (χ1n) is 5.90. The Hall–Kier alpha value is -0.870. The Kier molecular flexibility index (Phi) is 3.27. The molecule has 4 heteroatoms. The maximum Gasteiger partial charge on any atom is 0.171 e. The van der Waals surface area contributed by atoms with E-state index in [1.807, 2.05) is 26.2 Å². The molecular formula is C13H19NO2S. The number of carbonyl (C=O) groups excluding carboxylic acids is 1. The van der Waals surface area contributed by atoms with E-state index in [1.165, 1.54) is 11.3 Å². The van der Waals surface area contributed by atoms with Gasteiger partial charge in [0.05, 0.1) is 17.2 Å². The molecule has 1 unspecified atom stereocenters. The molecule has 1 aliphatic heterocycles. The monoisotopic (exact) mass is 253 g/mol. The molecule has 1 fully saturated rings. The summed E-state index contributed by atoms with van der Waals surface area (Å²) in [6.07, 6.45) is 0.987. The van der Waals surface area contributed by atoms with Crippen molar-refractivity contribution in [2.24, 2.45) is 5.41 Å². The fourth-order valence-electron chi connectivity index (χ4n) is 2.09. The molecule has 0 radical (unpaired) electrons. The number of anilines is 1. The highest BCUT2D eigenvalue weighted by atomic mass is 32.1. The van der Waals surface area contributed by atoms with Gasteiger partial charge in [0.25, 0.3) is 0 Å². The van der Waals surface area contributed by atoms with Crippen LogP contribution in [-0.2, 0) is 4.74 Å². The van der Waals surface area contributed by atoms with Crippen LogP contribution in [0.3, 0.4) is 0 Å². The zero-order valence-corrected chi connectivity index (χ0v) is 11.4. The quantitative estimate of drug-likeness (QED) is 0.824. The van der Waals surface area contributed by atoms with Crippen molar-refractivity contribution in [3.05, 3.63) is 16.5 Å². The number of nitrogen functional groups attached to an aromatic ring is 1. The van der Waals surface area contributed by atoms with Crippen molar-refractivity contribution in [1.29, 1.82) is 0 Å². The lowest BCUT2D eigenvalue weighted by Gasteiger charge is -2.19. The van der Waals surface area contributed by atoms with Crippen molar-refractivity contribution in [1.82, 2.24) is 0 Å². The number of carbonyl (C=O) groups is 1. The van der Waals surface area contributed by atoms with E-state index in [9.17, 15) is 4.79 Å². The second-order valence-electron chi connectivity index (χ2n) is 5.57. The first-order valence-corrected chi connectivity index (χ1v) is 6.78. The van der Waals surface area contributed by atoms with Gasteiger partial charge in [-0.1, -0.05) is 20.8 Å². The largest absolute Gasteiger partial charge is 0.390 e. The molecule has 0 saturated carbocycles. The van der Waals surface area contributed by atoms with Crippen LogP contribution in [0.15, 0.2) is 5.38 Å². The van der Waals surface area contributed by atoms with Gasteiger partial charge in [0.2, 0.25) is 0 Å². The van der Waals surface area contributed by atoms with Crippen LogP contribution in [0.4, 0.5) is 5.00 Å². The van der Waals surface area contributed by atoms with E-state index in [-0.39, 0.29) is 11.2 Å². The van der Waals surface area contributed by atoms with Crippen LogP contribution in [0.5, 0.6) is 0 Å². The van der Waals surface area contributed by atoms with Crippen molar-refractivity contribution in [3.8, 4) is 0 Å². The highest BCUT2D eigenvalue weighted by Gasteiger charge is 2.31. The highest BCUT2D eigenvalue weighted by molar-refractivity contribution is 7.14. The number of hydrogen-bond acceptors (Lipinski definition) is 4. The summed E-state index contributed by atoms with van der Waals surface area (Å²) in [4.78, 5) is 12.4. The third-order valence-electron chi connectivity index (χ3n) is 3.13. The van der Waals surface area contributed by atoms with Crippen LogP contribution < -0.4 is 5.73 Å². The van der Waals surface area contributed by atoms with E-state index >= 15 is 0 Å². The third kappa shape index (κ3) is 2.38. The molecule has 1 atom stereocenters. The SMILES string of the molecule is CC(C)(C)C(=O)c1c(C2CCOC2)csc1N. The molecule has 0 spiro atoms. The van der Waals surface area contributed by atoms with Gasteiger partial charge >= 0.3 is 0 Å². The van der Waals surface area contributed by atoms with Crippen LogP contribution in [0.25, 0.3) is 0 Å². The molecule has 0 bridgehead atoms. The average Bonchev–Trinajstić information content (AvgIpc) is 2.83. The predicted molar refractivity (Wildman–Crippen MR) is 70.7 cm³/mol. The Labute approximate surface area is 106 Å². The van der Waals surface area contributed by atoms with Gasteiger partial charge in [0.1, 0.15) is 0 Å². The minimum atomic E-state index is -0.386. The Morgan fingerprint density at radius 1 is 1.53 bits per heavy atom. The average molecular weight is 253 g/mol. The van der Waals surface area contributed by atoms with Gasteiger partial charge in [-0.25, -0.2) is 0 Å². The summed E-state index contributed by atoms with van der Waals surface area (Å²) in [5.74, 6) is 0.475. The Morgan fingerprint density at radius 2 is 2.24 bits per heavy atom. The molecule has 2 heterocycles. The minimum absolute atomic E-state index is 0.137. The van der Waals surface area contributed by atoms with Gasteiger partial charge < -0.3 is 10.5 Å². The van der Waals surface area contributed by atoms with Crippen LogP contribution in [0.2, 0.25) is 0 Å². The summed E-state index contributed by atoms with van der Waals surface area (Å²) in [6.45, 7) is 7.29. The topological polar surface area (TPSA) is 52.3 Å². The highest BCUT2D eigenvalue weighted by Crippen LogP contribution is 2.38. The van der Waals surface area contributed by atoms with Crippen LogP contribution in [-0.4, -0.2) is 19.0 Å². The lowest BCUT2D eigenvalue weighted by molar-refractivity contribution is 0.0858. The lowest BCUT2D eigenvalue weighted by Crippen LogP contribution is -2.22. The van der Waals surface area contributed by atoms with Crippen molar-refractivity contribution < 1.29 is 9.53 Å². The molecule has 2 rings (SSSR count). The van der Waals surface area contributed by atoms with E-state index in [1.54, 1.807) is 0 Å². The fraction of sp³-hybridized carbons (Fsp3) is 0.615. The Morgan fingerprint density at radius 3 is 2.76 bits per heavy atom. The summed E-state index contributed by atoms with van der Waals surface area (Å²) in [5, 5.41) is 2.67. The molecule has 3 nitrogen and oxygen atoms in total. The van der Waals surface area contributed by atoms with Crippen molar-refractivity contribution in [2.75, 3.05) is 18.9 Å². The number of ether oxygens (including phenoxy) is 1. The molecule has 1 aliphatic rings. The van der Waals surface area contributed by atoms with Crippen molar-refractivity contribution >= 4 is 22.1 Å². The maximum atomic E-state index is 12.4. The van der Waals surface area contributed by atoms with Gasteiger partial charge in [-0.05, 0) is 17.4 Å². The molecule has 0 amide bonds. The van der Waals surface area contributed by atoms with Gasteiger partial charge in [0, 0.05) is 17.9 Å². The molecule has 0 aliphatic carbocycles. The summed E-state index contributed by atoms with van der Waals surface area (Å²) < 4.78 is 5.39. The third-order valence-corrected chi connectivity index (χ3v) is 3.96. The molecule has 0 aromatic carbocycles. The molecule has 94 valence electrons. The Balaban J connectivity index is 2.39. The summed E-state index contributed by atoms with van der Waals surface area (Å²) in [5.41, 5.74) is 7.40.